The molecule has 0 atom stereocenters. The number of amides is 1. The summed E-state index contributed by atoms with van der Waals surface area (Å²) in [4.78, 5) is 12.0. The van der Waals surface area contributed by atoms with Crippen LogP contribution in [0.2, 0.25) is 0 Å². The van der Waals surface area contributed by atoms with Gasteiger partial charge in [0, 0.05) is 23.4 Å². The normalized spacial score (nSPS) is 11.2. The average Bonchev–Trinajstić information content (AvgIpc) is 2.66. The highest BCUT2D eigenvalue weighted by molar-refractivity contribution is 6.24. The van der Waals surface area contributed by atoms with Crippen molar-refractivity contribution in [1.82, 2.24) is 0 Å². The van der Waals surface area contributed by atoms with Gasteiger partial charge in [-0.1, -0.05) is 48.5 Å². The van der Waals surface area contributed by atoms with Crippen LogP contribution in [-0.2, 0) is 11.3 Å². The highest BCUT2D eigenvalue weighted by Gasteiger charge is 2.11. The van der Waals surface area contributed by atoms with Gasteiger partial charge in [0.25, 0.3) is 0 Å². The number of anilines is 3. The van der Waals surface area contributed by atoms with Crippen LogP contribution in [0.3, 0.4) is 0 Å². The molecule has 3 aromatic carbocycles. The molecule has 0 saturated heterocycles. The van der Waals surface area contributed by atoms with E-state index < -0.39 is 5.91 Å². The zero-order chi connectivity index (χ0) is 19.2. The molecule has 0 aliphatic rings. The van der Waals surface area contributed by atoms with Crippen LogP contribution in [-0.4, -0.2) is 5.91 Å². The molecule has 0 aromatic heterocycles. The van der Waals surface area contributed by atoms with Crippen molar-refractivity contribution in [3.05, 3.63) is 89.5 Å². The lowest BCUT2D eigenvalue weighted by Crippen LogP contribution is -2.14. The Balaban J connectivity index is 1.85. The monoisotopic (exact) mass is 358 g/mol. The predicted molar refractivity (Wildman–Crippen MR) is 113 cm³/mol. The van der Waals surface area contributed by atoms with Crippen molar-refractivity contribution in [3.8, 4) is 0 Å². The van der Waals surface area contributed by atoms with Gasteiger partial charge in [0.15, 0.2) is 0 Å². The van der Waals surface area contributed by atoms with Gasteiger partial charge >= 0.3 is 0 Å². The minimum Gasteiger partial charge on any atom is -0.398 e. The maximum Gasteiger partial charge on any atom is 0.249 e. The van der Waals surface area contributed by atoms with E-state index in [-0.39, 0.29) is 0 Å². The Morgan fingerprint density at radius 1 is 0.889 bits per heavy atom. The van der Waals surface area contributed by atoms with Crippen molar-refractivity contribution >= 4 is 34.6 Å². The summed E-state index contributed by atoms with van der Waals surface area (Å²) in [5.41, 5.74) is 22.6. The fourth-order valence-electron chi connectivity index (χ4n) is 2.84. The summed E-state index contributed by atoms with van der Waals surface area (Å²) in [7, 11) is 0. The van der Waals surface area contributed by atoms with Crippen LogP contribution >= 0.6 is 0 Å². The summed E-state index contributed by atoms with van der Waals surface area (Å²) < 4.78 is 0. The maximum absolute atomic E-state index is 12.0. The lowest BCUT2D eigenvalue weighted by molar-refractivity contribution is -0.112. The highest BCUT2D eigenvalue weighted by atomic mass is 16.1. The van der Waals surface area contributed by atoms with Crippen molar-refractivity contribution in [2.45, 2.75) is 6.54 Å². The van der Waals surface area contributed by atoms with Gasteiger partial charge in [-0.15, -0.1) is 0 Å². The first-order chi connectivity index (χ1) is 13.0. The zero-order valence-electron chi connectivity index (χ0n) is 14.9. The van der Waals surface area contributed by atoms with E-state index in [0.29, 0.717) is 29.1 Å². The second-order valence-corrected chi connectivity index (χ2v) is 6.20. The van der Waals surface area contributed by atoms with E-state index in [1.165, 1.54) is 0 Å². The van der Waals surface area contributed by atoms with Crippen LogP contribution in [0.1, 0.15) is 16.7 Å². The van der Waals surface area contributed by atoms with E-state index in [2.05, 4.69) is 5.32 Å². The molecular formula is C22H22N4O. The number of carbonyl (C=O) groups is 1. The van der Waals surface area contributed by atoms with Crippen LogP contribution in [0, 0.1) is 0 Å². The van der Waals surface area contributed by atoms with Crippen molar-refractivity contribution in [3.63, 3.8) is 0 Å². The summed E-state index contributed by atoms with van der Waals surface area (Å²) in [6.45, 7) is 0.606. The van der Waals surface area contributed by atoms with E-state index in [0.717, 1.165) is 16.8 Å². The molecule has 0 bridgehead atoms. The number of para-hydroxylation sites is 3. The largest absolute Gasteiger partial charge is 0.398 e. The fourth-order valence-corrected chi connectivity index (χ4v) is 2.84. The number of nitrogens with one attached hydrogen (secondary N) is 1. The van der Waals surface area contributed by atoms with Gasteiger partial charge in [-0.2, -0.15) is 0 Å². The van der Waals surface area contributed by atoms with Crippen molar-refractivity contribution in [2.24, 2.45) is 5.73 Å². The third-order valence-corrected chi connectivity index (χ3v) is 4.22. The van der Waals surface area contributed by atoms with Gasteiger partial charge in [0.05, 0.1) is 11.4 Å². The highest BCUT2D eigenvalue weighted by Crippen LogP contribution is 2.24. The van der Waals surface area contributed by atoms with Gasteiger partial charge in [-0.3, -0.25) is 4.79 Å². The lowest BCUT2D eigenvalue weighted by atomic mass is 10.00. The Kier molecular flexibility index (Phi) is 5.42. The standard InChI is InChI=1S/C22H22N4O/c23-19-9-2-1-8-17(19)18(22(25)27)13-15-6-5-7-16(12-15)14-26-21-11-4-3-10-20(21)24/h1-13,26H,14,23-24H2,(H2,25,27). The molecule has 27 heavy (non-hydrogen) atoms. The molecule has 0 aliphatic carbocycles. The molecule has 5 heteroatoms. The van der Waals surface area contributed by atoms with E-state index in [9.17, 15) is 4.79 Å². The van der Waals surface area contributed by atoms with Crippen LogP contribution < -0.4 is 22.5 Å². The third-order valence-electron chi connectivity index (χ3n) is 4.22. The fraction of sp³-hybridized carbons (Fsp3) is 0.0455. The van der Waals surface area contributed by atoms with Crippen molar-refractivity contribution in [1.29, 1.82) is 0 Å². The lowest BCUT2D eigenvalue weighted by Gasteiger charge is -2.10. The summed E-state index contributed by atoms with van der Waals surface area (Å²) in [6, 6.07) is 22.6. The Bertz CT molecular complexity index is 995. The van der Waals surface area contributed by atoms with E-state index >= 15 is 0 Å². The molecule has 0 fully saturated rings. The minimum atomic E-state index is -0.520. The van der Waals surface area contributed by atoms with Gasteiger partial charge in [-0.25, -0.2) is 0 Å². The van der Waals surface area contributed by atoms with Gasteiger partial charge in [-0.05, 0) is 41.5 Å². The average molecular weight is 358 g/mol. The minimum absolute atomic E-state index is 0.380. The second kappa shape index (κ2) is 8.10. The van der Waals surface area contributed by atoms with E-state index in [4.69, 9.17) is 17.2 Å². The Morgan fingerprint density at radius 2 is 1.59 bits per heavy atom. The summed E-state index contributed by atoms with van der Waals surface area (Å²) in [5, 5.41) is 3.32. The molecule has 3 rings (SSSR count). The van der Waals surface area contributed by atoms with Crippen LogP contribution in [0.15, 0.2) is 72.8 Å². The summed E-state index contributed by atoms with van der Waals surface area (Å²) >= 11 is 0. The molecule has 7 N–H and O–H groups in total. The predicted octanol–water partition coefficient (Wildman–Crippen LogP) is 3.49. The van der Waals surface area contributed by atoms with Gasteiger partial charge in [0.1, 0.15) is 0 Å². The molecule has 1 amide bonds. The molecule has 5 nitrogen and oxygen atoms in total. The number of hydrogen-bond donors (Lipinski definition) is 4. The SMILES string of the molecule is NC(=O)C(=Cc1cccc(CNc2ccccc2N)c1)c1ccccc1N. The molecular weight excluding hydrogens is 336 g/mol. The Hall–Kier alpha value is -3.73. The smallest absolute Gasteiger partial charge is 0.249 e. The molecule has 3 aromatic rings. The van der Waals surface area contributed by atoms with E-state index in [1.54, 1.807) is 18.2 Å². The first kappa shape index (κ1) is 18.1. The molecule has 0 radical (unpaired) electrons. The first-order valence-electron chi connectivity index (χ1n) is 8.58. The summed E-state index contributed by atoms with van der Waals surface area (Å²) in [6.07, 6.45) is 1.76. The number of carbonyl (C=O) groups excluding carboxylic acids is 1. The molecule has 0 heterocycles. The van der Waals surface area contributed by atoms with Crippen LogP contribution in [0.4, 0.5) is 17.1 Å². The number of benzene rings is 3. The quantitative estimate of drug-likeness (QED) is 0.307. The molecule has 0 unspecified atom stereocenters. The van der Waals surface area contributed by atoms with Crippen LogP contribution in [0.5, 0.6) is 0 Å². The number of primary amides is 1. The number of rotatable bonds is 6. The van der Waals surface area contributed by atoms with Gasteiger partial charge < -0.3 is 22.5 Å². The van der Waals surface area contributed by atoms with Crippen molar-refractivity contribution < 1.29 is 4.79 Å². The second-order valence-electron chi connectivity index (χ2n) is 6.20. The van der Waals surface area contributed by atoms with Crippen LogP contribution in [0.25, 0.3) is 11.6 Å². The Morgan fingerprint density at radius 3 is 2.30 bits per heavy atom. The van der Waals surface area contributed by atoms with Gasteiger partial charge in [0.2, 0.25) is 5.91 Å². The third kappa shape index (κ3) is 4.46. The topological polar surface area (TPSA) is 107 Å². The summed E-state index contributed by atoms with van der Waals surface area (Å²) in [5.74, 6) is -0.520. The zero-order valence-corrected chi connectivity index (χ0v) is 14.9. The molecule has 0 saturated carbocycles. The number of nitrogens with two attached hydrogens (primary N) is 3. The number of nitrogen functional groups attached to an aromatic ring is 2. The molecule has 136 valence electrons. The first-order valence-corrected chi connectivity index (χ1v) is 8.58. The molecule has 0 aliphatic heterocycles. The van der Waals surface area contributed by atoms with E-state index in [1.807, 2.05) is 60.7 Å². The van der Waals surface area contributed by atoms with Crippen molar-refractivity contribution in [2.75, 3.05) is 16.8 Å². The molecule has 0 spiro atoms. The maximum atomic E-state index is 12.0. The Labute approximate surface area is 158 Å². The number of hydrogen-bond acceptors (Lipinski definition) is 4.